The summed E-state index contributed by atoms with van der Waals surface area (Å²) in [5, 5.41) is 15.9. The van der Waals surface area contributed by atoms with Crippen LogP contribution in [-0.4, -0.2) is 45.0 Å². The molecular formula is C20H24N4O7S. The summed E-state index contributed by atoms with van der Waals surface area (Å²) in [6.07, 6.45) is -0.0627. The number of nitro groups is 1. The largest absolute Gasteiger partial charge is 0.445 e. The van der Waals surface area contributed by atoms with Crippen molar-refractivity contribution in [1.82, 2.24) is 15.4 Å². The van der Waals surface area contributed by atoms with Gasteiger partial charge in [0, 0.05) is 38.2 Å². The molecule has 0 spiro atoms. The first-order valence-electron chi connectivity index (χ1n) is 9.73. The van der Waals surface area contributed by atoms with E-state index in [1.165, 1.54) is 18.2 Å². The van der Waals surface area contributed by atoms with Crippen LogP contribution < -0.4 is 15.4 Å². The highest BCUT2D eigenvalue weighted by atomic mass is 32.2. The highest BCUT2D eigenvalue weighted by Crippen LogP contribution is 2.16. The van der Waals surface area contributed by atoms with Gasteiger partial charge in [0.05, 0.1) is 9.82 Å². The molecule has 32 heavy (non-hydrogen) atoms. The van der Waals surface area contributed by atoms with Gasteiger partial charge in [0.25, 0.3) is 5.69 Å². The molecule has 2 aromatic rings. The standard InChI is InChI=1S/C20H24N4O7S/c25-19(10-5-11-22-20(26)31-15-16-6-2-1-3-7-16)21-12-13-23-32(29,30)18-9-4-8-17(14-18)24(27)28/h1-4,6-9,14,23H,5,10-13,15H2,(H,21,25)(H,22,26). The molecule has 0 aliphatic heterocycles. The van der Waals surface area contributed by atoms with Crippen LogP contribution in [0.25, 0.3) is 0 Å². The molecular weight excluding hydrogens is 440 g/mol. The van der Waals surface area contributed by atoms with E-state index in [-0.39, 0.29) is 49.2 Å². The molecule has 0 saturated carbocycles. The van der Waals surface area contributed by atoms with Gasteiger partial charge in [-0.2, -0.15) is 0 Å². The van der Waals surface area contributed by atoms with Gasteiger partial charge in [-0.25, -0.2) is 17.9 Å². The second-order valence-corrected chi connectivity index (χ2v) is 8.36. The lowest BCUT2D eigenvalue weighted by atomic mass is 10.2. The van der Waals surface area contributed by atoms with Gasteiger partial charge in [-0.1, -0.05) is 36.4 Å². The zero-order chi connectivity index (χ0) is 23.4. The van der Waals surface area contributed by atoms with E-state index in [0.29, 0.717) is 6.42 Å². The zero-order valence-corrected chi connectivity index (χ0v) is 18.0. The Labute approximate surface area is 185 Å². The Bertz CT molecular complexity index is 1030. The maximum atomic E-state index is 12.2. The second-order valence-electron chi connectivity index (χ2n) is 6.59. The average Bonchev–Trinajstić information content (AvgIpc) is 2.79. The predicted molar refractivity (Wildman–Crippen MR) is 115 cm³/mol. The van der Waals surface area contributed by atoms with Crippen molar-refractivity contribution in [2.24, 2.45) is 0 Å². The van der Waals surface area contributed by atoms with Crippen LogP contribution in [0.1, 0.15) is 18.4 Å². The zero-order valence-electron chi connectivity index (χ0n) is 17.2. The summed E-state index contributed by atoms with van der Waals surface area (Å²) >= 11 is 0. The maximum Gasteiger partial charge on any atom is 0.407 e. The van der Waals surface area contributed by atoms with Crippen molar-refractivity contribution in [2.45, 2.75) is 24.3 Å². The van der Waals surface area contributed by atoms with E-state index >= 15 is 0 Å². The highest BCUT2D eigenvalue weighted by molar-refractivity contribution is 7.89. The molecule has 2 rings (SSSR count). The van der Waals surface area contributed by atoms with Gasteiger partial charge < -0.3 is 15.4 Å². The third-order valence-electron chi connectivity index (χ3n) is 4.14. The first-order valence-corrected chi connectivity index (χ1v) is 11.2. The lowest BCUT2D eigenvalue weighted by molar-refractivity contribution is -0.385. The van der Waals surface area contributed by atoms with E-state index in [1.54, 1.807) is 0 Å². The van der Waals surface area contributed by atoms with Gasteiger partial charge in [-0.15, -0.1) is 0 Å². The summed E-state index contributed by atoms with van der Waals surface area (Å²) < 4.78 is 31.7. The molecule has 0 aliphatic rings. The number of rotatable bonds is 12. The Kier molecular flexibility index (Phi) is 9.57. The third-order valence-corrected chi connectivity index (χ3v) is 5.60. The fraction of sp³-hybridized carbons (Fsp3) is 0.300. The van der Waals surface area contributed by atoms with E-state index < -0.39 is 21.0 Å². The van der Waals surface area contributed by atoms with Crippen LogP contribution in [-0.2, 0) is 26.2 Å². The first kappa shape index (κ1) is 24.8. The van der Waals surface area contributed by atoms with Gasteiger partial charge >= 0.3 is 6.09 Å². The summed E-state index contributed by atoms with van der Waals surface area (Å²) in [5.74, 6) is -0.306. The first-order chi connectivity index (χ1) is 15.3. The van der Waals surface area contributed by atoms with E-state index in [4.69, 9.17) is 4.74 Å². The number of nitrogens with one attached hydrogen (secondary N) is 3. The molecule has 0 aromatic heterocycles. The number of ether oxygens (including phenoxy) is 1. The minimum atomic E-state index is -3.94. The molecule has 2 aromatic carbocycles. The molecule has 12 heteroatoms. The maximum absolute atomic E-state index is 12.2. The number of non-ortho nitro benzene ring substituents is 1. The number of carbonyl (C=O) groups is 2. The smallest absolute Gasteiger partial charge is 0.407 e. The number of sulfonamides is 1. The van der Waals surface area contributed by atoms with Crippen LogP contribution in [0.5, 0.6) is 0 Å². The number of hydrogen-bond donors (Lipinski definition) is 3. The molecule has 172 valence electrons. The van der Waals surface area contributed by atoms with E-state index in [1.807, 2.05) is 30.3 Å². The second kappa shape index (κ2) is 12.4. The Morgan fingerprint density at radius 3 is 2.44 bits per heavy atom. The van der Waals surface area contributed by atoms with Crippen molar-refractivity contribution >= 4 is 27.7 Å². The average molecular weight is 465 g/mol. The summed E-state index contributed by atoms with van der Waals surface area (Å²) in [5.41, 5.74) is 0.530. The summed E-state index contributed by atoms with van der Waals surface area (Å²) in [7, 11) is -3.94. The highest BCUT2D eigenvalue weighted by Gasteiger charge is 2.17. The minimum Gasteiger partial charge on any atom is -0.445 e. The molecule has 0 unspecified atom stereocenters. The molecule has 0 radical (unpaired) electrons. The van der Waals surface area contributed by atoms with E-state index in [9.17, 15) is 28.1 Å². The van der Waals surface area contributed by atoms with Gasteiger partial charge in [-0.3, -0.25) is 14.9 Å². The van der Waals surface area contributed by atoms with Crippen molar-refractivity contribution < 1.29 is 27.7 Å². The van der Waals surface area contributed by atoms with Crippen LogP contribution in [0.3, 0.4) is 0 Å². The third kappa shape index (κ3) is 8.70. The molecule has 0 bridgehead atoms. The lowest BCUT2D eigenvalue weighted by Crippen LogP contribution is -2.35. The Balaban J connectivity index is 1.58. The van der Waals surface area contributed by atoms with Gasteiger partial charge in [0.2, 0.25) is 15.9 Å². The van der Waals surface area contributed by atoms with Crippen molar-refractivity contribution in [2.75, 3.05) is 19.6 Å². The van der Waals surface area contributed by atoms with Gasteiger partial charge in [0.1, 0.15) is 6.61 Å². The number of hydrogen-bond acceptors (Lipinski definition) is 7. The number of carbonyl (C=O) groups excluding carboxylic acids is 2. The van der Waals surface area contributed by atoms with Crippen LogP contribution >= 0.6 is 0 Å². The Morgan fingerprint density at radius 1 is 0.969 bits per heavy atom. The number of benzene rings is 2. The van der Waals surface area contributed by atoms with Crippen LogP contribution in [0.4, 0.5) is 10.5 Å². The fourth-order valence-corrected chi connectivity index (χ4v) is 3.61. The molecule has 2 amide bonds. The molecule has 0 atom stereocenters. The Hall–Kier alpha value is -3.51. The monoisotopic (exact) mass is 464 g/mol. The van der Waals surface area contributed by atoms with E-state index in [0.717, 1.165) is 11.6 Å². The van der Waals surface area contributed by atoms with Crippen LogP contribution in [0, 0.1) is 10.1 Å². The van der Waals surface area contributed by atoms with Gasteiger partial charge in [0.15, 0.2) is 0 Å². The number of nitro benzene ring substituents is 1. The predicted octanol–water partition coefficient (Wildman–Crippen LogP) is 1.70. The summed E-state index contributed by atoms with van der Waals surface area (Å²) in [6, 6.07) is 13.9. The number of alkyl carbamates (subject to hydrolysis) is 1. The summed E-state index contributed by atoms with van der Waals surface area (Å²) in [4.78, 5) is 33.3. The molecule has 0 heterocycles. The van der Waals surface area contributed by atoms with Crippen LogP contribution in [0.15, 0.2) is 59.5 Å². The molecule has 0 saturated heterocycles. The number of nitrogens with zero attached hydrogens (tertiary/aromatic N) is 1. The van der Waals surface area contributed by atoms with Crippen molar-refractivity contribution in [1.29, 1.82) is 0 Å². The number of amides is 2. The Morgan fingerprint density at radius 2 is 1.72 bits per heavy atom. The van der Waals surface area contributed by atoms with Gasteiger partial charge in [-0.05, 0) is 18.1 Å². The normalized spacial score (nSPS) is 10.9. The fourth-order valence-electron chi connectivity index (χ4n) is 2.54. The van der Waals surface area contributed by atoms with Crippen LogP contribution in [0.2, 0.25) is 0 Å². The van der Waals surface area contributed by atoms with Crippen molar-refractivity contribution in [3.8, 4) is 0 Å². The molecule has 11 nitrogen and oxygen atoms in total. The lowest BCUT2D eigenvalue weighted by Gasteiger charge is -2.09. The minimum absolute atomic E-state index is 0.0412. The SMILES string of the molecule is O=C(CCCNC(=O)OCc1ccccc1)NCCNS(=O)(=O)c1cccc([N+](=O)[O-])c1. The molecule has 0 fully saturated rings. The molecule has 3 N–H and O–H groups in total. The van der Waals surface area contributed by atoms with Crippen molar-refractivity contribution in [3.05, 3.63) is 70.3 Å². The van der Waals surface area contributed by atoms with Crippen molar-refractivity contribution in [3.63, 3.8) is 0 Å². The quantitative estimate of drug-likeness (QED) is 0.245. The summed E-state index contributed by atoms with van der Waals surface area (Å²) in [6.45, 7) is 0.361. The molecule has 0 aliphatic carbocycles. The topological polar surface area (TPSA) is 157 Å². The van der Waals surface area contributed by atoms with E-state index in [2.05, 4.69) is 15.4 Å².